The molecule has 7 heteroatoms. The fourth-order valence-electron chi connectivity index (χ4n) is 1.97. The molecule has 0 bridgehead atoms. The first-order chi connectivity index (χ1) is 9.97. The quantitative estimate of drug-likeness (QED) is 0.748. The predicted octanol–water partition coefficient (Wildman–Crippen LogP) is 1.58. The second-order valence-electron chi connectivity index (χ2n) is 4.50. The summed E-state index contributed by atoms with van der Waals surface area (Å²) in [6.07, 6.45) is 1.14. The van der Waals surface area contributed by atoms with Gasteiger partial charge < -0.3 is 14.2 Å². The van der Waals surface area contributed by atoms with Gasteiger partial charge in [-0.3, -0.25) is 0 Å². The topological polar surface area (TPSA) is 73.9 Å². The van der Waals surface area contributed by atoms with Gasteiger partial charge in [0, 0.05) is 6.54 Å². The summed E-state index contributed by atoms with van der Waals surface area (Å²) in [7, 11) is 1.45. The van der Waals surface area contributed by atoms with Crippen LogP contribution in [0.5, 0.6) is 17.2 Å². The molecule has 6 nitrogen and oxygen atoms in total. The lowest BCUT2D eigenvalue weighted by Gasteiger charge is -2.14. The van der Waals surface area contributed by atoms with Gasteiger partial charge >= 0.3 is 0 Å². The molecule has 0 saturated carbocycles. The van der Waals surface area contributed by atoms with Crippen molar-refractivity contribution < 1.29 is 22.6 Å². The number of rotatable bonds is 9. The number of methoxy groups -OCH3 is 3. The molecule has 21 heavy (non-hydrogen) atoms. The van der Waals surface area contributed by atoms with Crippen LogP contribution < -0.4 is 18.9 Å². The van der Waals surface area contributed by atoms with E-state index in [9.17, 15) is 8.42 Å². The van der Waals surface area contributed by atoms with E-state index in [-0.39, 0.29) is 5.75 Å². The number of sulfonamides is 1. The molecule has 0 atom stereocenters. The zero-order valence-electron chi connectivity index (χ0n) is 12.9. The molecule has 1 rings (SSSR count). The summed E-state index contributed by atoms with van der Waals surface area (Å²) < 4.78 is 41.5. The summed E-state index contributed by atoms with van der Waals surface area (Å²) in [5.41, 5.74) is 0.906. The number of hydrogen-bond acceptors (Lipinski definition) is 5. The lowest BCUT2D eigenvalue weighted by molar-refractivity contribution is 0.324. The summed E-state index contributed by atoms with van der Waals surface area (Å²) in [5, 5.41) is 0. The Morgan fingerprint density at radius 3 is 2.05 bits per heavy atom. The van der Waals surface area contributed by atoms with E-state index in [1.165, 1.54) is 0 Å². The molecule has 0 aliphatic carbocycles. The minimum atomic E-state index is -3.18. The summed E-state index contributed by atoms with van der Waals surface area (Å²) in [5.74, 6) is 1.78. The van der Waals surface area contributed by atoms with E-state index in [0.717, 1.165) is 5.56 Å². The van der Waals surface area contributed by atoms with Crippen molar-refractivity contribution >= 4 is 10.0 Å². The third kappa shape index (κ3) is 5.09. The van der Waals surface area contributed by atoms with Gasteiger partial charge in [0.05, 0.1) is 27.1 Å². The van der Waals surface area contributed by atoms with Crippen LogP contribution in [0, 0.1) is 0 Å². The lowest BCUT2D eigenvalue weighted by atomic mass is 10.1. The van der Waals surface area contributed by atoms with Crippen molar-refractivity contribution in [2.24, 2.45) is 0 Å². The van der Waals surface area contributed by atoms with Gasteiger partial charge in [-0.1, -0.05) is 6.92 Å². The third-order valence-corrected chi connectivity index (χ3v) is 4.52. The van der Waals surface area contributed by atoms with E-state index in [2.05, 4.69) is 4.72 Å². The van der Waals surface area contributed by atoms with Gasteiger partial charge in [-0.25, -0.2) is 13.1 Å². The Bertz CT molecular complexity index is 531. The third-order valence-electron chi connectivity index (χ3n) is 2.93. The molecule has 1 N–H and O–H groups in total. The van der Waals surface area contributed by atoms with Gasteiger partial charge in [0.25, 0.3) is 0 Å². The molecule has 0 saturated heterocycles. The molecule has 0 fully saturated rings. The van der Waals surface area contributed by atoms with Crippen molar-refractivity contribution in [3.63, 3.8) is 0 Å². The number of nitrogens with one attached hydrogen (secondary N) is 1. The van der Waals surface area contributed by atoms with E-state index >= 15 is 0 Å². The van der Waals surface area contributed by atoms with Crippen LogP contribution in [0.4, 0.5) is 0 Å². The van der Waals surface area contributed by atoms with E-state index in [4.69, 9.17) is 14.2 Å². The Labute approximate surface area is 126 Å². The van der Waals surface area contributed by atoms with Crippen LogP contribution in [-0.4, -0.2) is 42.0 Å². The average molecular weight is 317 g/mol. The smallest absolute Gasteiger partial charge is 0.211 e. The van der Waals surface area contributed by atoms with Crippen molar-refractivity contribution in [1.82, 2.24) is 4.72 Å². The molecular formula is C14H23NO5S. The van der Waals surface area contributed by atoms with E-state index in [1.54, 1.807) is 21.3 Å². The van der Waals surface area contributed by atoms with Gasteiger partial charge in [-0.15, -0.1) is 0 Å². The summed E-state index contributed by atoms with van der Waals surface area (Å²) in [6, 6.07) is 3.63. The van der Waals surface area contributed by atoms with Crippen LogP contribution in [0.2, 0.25) is 0 Å². The van der Waals surface area contributed by atoms with E-state index in [1.807, 2.05) is 19.1 Å². The SMILES string of the molecule is CCCS(=O)(=O)NCCc1cc(OC)c(OC)c(OC)c1. The minimum Gasteiger partial charge on any atom is -0.493 e. The molecule has 0 amide bonds. The van der Waals surface area contributed by atoms with Crippen LogP contribution in [0.3, 0.4) is 0 Å². The second-order valence-corrected chi connectivity index (χ2v) is 6.42. The molecule has 0 heterocycles. The van der Waals surface area contributed by atoms with E-state index < -0.39 is 10.0 Å². The Kier molecular flexibility index (Phi) is 6.77. The number of ether oxygens (including phenoxy) is 3. The molecule has 0 aliphatic heterocycles. The normalized spacial score (nSPS) is 11.2. The van der Waals surface area contributed by atoms with Crippen LogP contribution in [0.15, 0.2) is 12.1 Å². The monoisotopic (exact) mass is 317 g/mol. The van der Waals surface area contributed by atoms with Gasteiger partial charge in [0.15, 0.2) is 11.5 Å². The minimum absolute atomic E-state index is 0.141. The molecule has 1 aromatic carbocycles. The highest BCUT2D eigenvalue weighted by Crippen LogP contribution is 2.38. The fourth-order valence-corrected chi connectivity index (χ4v) is 3.07. The average Bonchev–Trinajstić information content (AvgIpc) is 2.45. The highest BCUT2D eigenvalue weighted by atomic mass is 32.2. The highest BCUT2D eigenvalue weighted by molar-refractivity contribution is 7.89. The Morgan fingerprint density at radius 2 is 1.62 bits per heavy atom. The van der Waals surface area contributed by atoms with Crippen molar-refractivity contribution in [3.8, 4) is 17.2 Å². The maximum Gasteiger partial charge on any atom is 0.211 e. The van der Waals surface area contributed by atoms with Crippen molar-refractivity contribution in [2.75, 3.05) is 33.6 Å². The largest absolute Gasteiger partial charge is 0.493 e. The maximum absolute atomic E-state index is 11.6. The Morgan fingerprint density at radius 1 is 1.05 bits per heavy atom. The molecule has 0 spiro atoms. The molecular weight excluding hydrogens is 294 g/mol. The first kappa shape index (κ1) is 17.6. The van der Waals surface area contributed by atoms with Gasteiger partial charge in [0.2, 0.25) is 15.8 Å². The van der Waals surface area contributed by atoms with Gasteiger partial charge in [0.1, 0.15) is 0 Å². The van der Waals surface area contributed by atoms with Crippen molar-refractivity contribution in [3.05, 3.63) is 17.7 Å². The van der Waals surface area contributed by atoms with Crippen LogP contribution in [-0.2, 0) is 16.4 Å². The van der Waals surface area contributed by atoms with Crippen LogP contribution in [0.25, 0.3) is 0 Å². The predicted molar refractivity (Wildman–Crippen MR) is 81.9 cm³/mol. The first-order valence-electron chi connectivity index (χ1n) is 6.73. The number of hydrogen-bond donors (Lipinski definition) is 1. The van der Waals surface area contributed by atoms with Crippen LogP contribution in [0.1, 0.15) is 18.9 Å². The molecule has 0 aromatic heterocycles. The second kappa shape index (κ2) is 8.09. The van der Waals surface area contributed by atoms with E-state index in [0.29, 0.717) is 36.6 Å². The Balaban J connectivity index is 2.80. The van der Waals surface area contributed by atoms with Crippen molar-refractivity contribution in [1.29, 1.82) is 0 Å². The van der Waals surface area contributed by atoms with Crippen molar-refractivity contribution in [2.45, 2.75) is 19.8 Å². The standard InChI is InChI=1S/C14H23NO5S/c1-5-8-21(16,17)15-7-6-11-9-12(18-2)14(20-4)13(10-11)19-3/h9-10,15H,5-8H2,1-4H3. The van der Waals surface area contributed by atoms with Gasteiger partial charge in [-0.05, 0) is 30.5 Å². The van der Waals surface area contributed by atoms with Crippen LogP contribution >= 0.6 is 0 Å². The number of benzene rings is 1. The molecule has 120 valence electrons. The lowest BCUT2D eigenvalue weighted by Crippen LogP contribution is -2.28. The zero-order chi connectivity index (χ0) is 15.9. The molecule has 1 aromatic rings. The van der Waals surface area contributed by atoms with Gasteiger partial charge in [-0.2, -0.15) is 0 Å². The molecule has 0 unspecified atom stereocenters. The molecule has 0 radical (unpaired) electrons. The molecule has 0 aliphatic rings. The Hall–Kier alpha value is -1.47. The fraction of sp³-hybridized carbons (Fsp3) is 0.571. The highest BCUT2D eigenvalue weighted by Gasteiger charge is 2.14. The zero-order valence-corrected chi connectivity index (χ0v) is 13.7. The summed E-state index contributed by atoms with van der Waals surface area (Å²) >= 11 is 0. The first-order valence-corrected chi connectivity index (χ1v) is 8.38. The maximum atomic E-state index is 11.6. The summed E-state index contributed by atoms with van der Waals surface area (Å²) in [6.45, 7) is 2.17. The summed E-state index contributed by atoms with van der Waals surface area (Å²) in [4.78, 5) is 0.